The first-order chi connectivity index (χ1) is 8.85. The van der Waals surface area contributed by atoms with E-state index in [4.69, 9.17) is 5.73 Å². The number of hydrogen-bond acceptors (Lipinski definition) is 3. The molecule has 1 aromatic carbocycles. The van der Waals surface area contributed by atoms with Gasteiger partial charge in [-0.25, -0.2) is 8.42 Å². The molecule has 0 saturated carbocycles. The first-order valence-corrected chi connectivity index (χ1v) is 8.08. The quantitative estimate of drug-likeness (QED) is 0.921. The van der Waals surface area contributed by atoms with Crippen LogP contribution in [0.5, 0.6) is 0 Å². The molecule has 1 heterocycles. The Hall–Kier alpha value is -0.910. The van der Waals surface area contributed by atoms with Crippen molar-refractivity contribution in [2.75, 3.05) is 13.1 Å². The Morgan fingerprint density at radius 2 is 2.11 bits per heavy atom. The van der Waals surface area contributed by atoms with Crippen molar-refractivity contribution in [1.82, 2.24) is 4.31 Å². The molecule has 0 spiro atoms. The molecule has 1 saturated heterocycles. The number of sulfonamides is 1. The van der Waals surface area contributed by atoms with Crippen molar-refractivity contribution in [1.29, 1.82) is 0 Å². The van der Waals surface area contributed by atoms with Gasteiger partial charge in [0.1, 0.15) is 0 Å². The fourth-order valence-corrected chi connectivity index (χ4v) is 4.29. The minimum absolute atomic E-state index is 0.0524. The van der Waals surface area contributed by atoms with Crippen LogP contribution < -0.4 is 5.73 Å². The second kappa shape index (κ2) is 5.23. The van der Waals surface area contributed by atoms with Gasteiger partial charge in [-0.15, -0.1) is 0 Å². The lowest BCUT2D eigenvalue weighted by molar-refractivity contribution is 0.187. The Balaban J connectivity index is 2.31. The van der Waals surface area contributed by atoms with Crippen molar-refractivity contribution in [2.45, 2.75) is 38.1 Å². The molecule has 0 radical (unpaired) electrons. The second-order valence-electron chi connectivity index (χ2n) is 5.96. The summed E-state index contributed by atoms with van der Waals surface area (Å²) < 4.78 is 26.9. The van der Waals surface area contributed by atoms with Gasteiger partial charge < -0.3 is 5.73 Å². The van der Waals surface area contributed by atoms with E-state index in [-0.39, 0.29) is 5.41 Å². The summed E-state index contributed by atoms with van der Waals surface area (Å²) in [5.41, 5.74) is 6.47. The van der Waals surface area contributed by atoms with Gasteiger partial charge in [-0.2, -0.15) is 4.31 Å². The van der Waals surface area contributed by atoms with Gasteiger partial charge >= 0.3 is 0 Å². The largest absolute Gasteiger partial charge is 0.326 e. The van der Waals surface area contributed by atoms with Crippen molar-refractivity contribution < 1.29 is 8.42 Å². The molecule has 1 aliphatic rings. The molecule has 0 aliphatic carbocycles. The monoisotopic (exact) mass is 282 g/mol. The number of nitrogens with two attached hydrogens (primary N) is 1. The van der Waals surface area contributed by atoms with Crippen molar-refractivity contribution in [2.24, 2.45) is 11.1 Å². The fourth-order valence-electron chi connectivity index (χ4n) is 2.56. The van der Waals surface area contributed by atoms with Gasteiger partial charge in [-0.3, -0.25) is 0 Å². The Kier molecular flexibility index (Phi) is 3.99. The second-order valence-corrected chi connectivity index (χ2v) is 7.90. The van der Waals surface area contributed by atoms with Crippen LogP contribution in [0.1, 0.15) is 32.3 Å². The minimum atomic E-state index is -3.39. The van der Waals surface area contributed by atoms with Crippen LogP contribution in [0.15, 0.2) is 29.2 Å². The maximum absolute atomic E-state index is 12.6. The van der Waals surface area contributed by atoms with Gasteiger partial charge in [0.05, 0.1) is 4.90 Å². The highest BCUT2D eigenvalue weighted by Crippen LogP contribution is 2.31. The maximum atomic E-state index is 12.6. The third kappa shape index (κ3) is 3.16. The van der Waals surface area contributed by atoms with Crippen LogP contribution in [0.2, 0.25) is 0 Å². The van der Waals surface area contributed by atoms with Crippen molar-refractivity contribution in [3.05, 3.63) is 29.8 Å². The molecule has 0 bridgehead atoms. The number of hydrogen-bond donors (Lipinski definition) is 1. The predicted octanol–water partition coefficient (Wildman–Crippen LogP) is 1.96. The summed E-state index contributed by atoms with van der Waals surface area (Å²) in [6.07, 6.45) is 1.99. The molecule has 19 heavy (non-hydrogen) atoms. The van der Waals surface area contributed by atoms with Crippen molar-refractivity contribution in [3.8, 4) is 0 Å². The van der Waals surface area contributed by atoms with E-state index in [0.717, 1.165) is 18.4 Å². The molecule has 1 aromatic rings. The molecular weight excluding hydrogens is 260 g/mol. The van der Waals surface area contributed by atoms with Crippen LogP contribution in [0, 0.1) is 5.41 Å². The summed E-state index contributed by atoms with van der Waals surface area (Å²) in [7, 11) is -3.39. The van der Waals surface area contributed by atoms with E-state index in [1.165, 1.54) is 0 Å². The summed E-state index contributed by atoms with van der Waals surface area (Å²) >= 11 is 0. The topological polar surface area (TPSA) is 63.4 Å². The zero-order valence-corrected chi connectivity index (χ0v) is 12.4. The minimum Gasteiger partial charge on any atom is -0.326 e. The lowest BCUT2D eigenvalue weighted by atomic mass is 9.85. The van der Waals surface area contributed by atoms with E-state index in [1.807, 2.05) is 6.07 Å². The van der Waals surface area contributed by atoms with Crippen LogP contribution in [-0.4, -0.2) is 25.8 Å². The van der Waals surface area contributed by atoms with Crippen LogP contribution >= 0.6 is 0 Å². The highest BCUT2D eigenvalue weighted by Gasteiger charge is 2.34. The van der Waals surface area contributed by atoms with E-state index in [1.54, 1.807) is 22.5 Å². The first-order valence-electron chi connectivity index (χ1n) is 6.64. The lowest BCUT2D eigenvalue weighted by Crippen LogP contribution is -2.43. The Morgan fingerprint density at radius 1 is 1.37 bits per heavy atom. The molecule has 1 aliphatic heterocycles. The summed E-state index contributed by atoms with van der Waals surface area (Å²) in [6, 6.07) is 6.93. The van der Waals surface area contributed by atoms with Gasteiger partial charge in [0.25, 0.3) is 0 Å². The van der Waals surface area contributed by atoms with Gasteiger partial charge in [0, 0.05) is 19.6 Å². The molecule has 0 amide bonds. The Morgan fingerprint density at radius 3 is 2.74 bits per heavy atom. The molecule has 0 atom stereocenters. The van der Waals surface area contributed by atoms with Crippen molar-refractivity contribution >= 4 is 10.0 Å². The first kappa shape index (κ1) is 14.5. The normalized spacial score (nSPS) is 20.4. The average Bonchev–Trinajstić information content (AvgIpc) is 2.37. The third-order valence-corrected chi connectivity index (χ3v) is 5.48. The standard InChI is InChI=1S/C14H22N2O2S/c1-14(2)7-4-8-16(11-14)19(17,18)13-6-3-5-12(9-13)10-15/h3,5-6,9H,4,7-8,10-11,15H2,1-2H3. The Bertz CT molecular complexity index is 552. The predicted molar refractivity (Wildman–Crippen MR) is 76.1 cm³/mol. The maximum Gasteiger partial charge on any atom is 0.243 e. The molecule has 106 valence electrons. The van der Waals surface area contributed by atoms with E-state index in [2.05, 4.69) is 13.8 Å². The smallest absolute Gasteiger partial charge is 0.243 e. The van der Waals surface area contributed by atoms with E-state index in [9.17, 15) is 8.42 Å². The van der Waals surface area contributed by atoms with E-state index < -0.39 is 10.0 Å². The summed E-state index contributed by atoms with van der Waals surface area (Å²) in [5, 5.41) is 0. The van der Waals surface area contributed by atoms with Crippen LogP contribution in [-0.2, 0) is 16.6 Å². The highest BCUT2D eigenvalue weighted by atomic mass is 32.2. The number of piperidine rings is 1. The zero-order chi connectivity index (χ0) is 14.1. The summed E-state index contributed by atoms with van der Waals surface area (Å²) in [5.74, 6) is 0. The van der Waals surface area contributed by atoms with Gasteiger partial charge in [0.15, 0.2) is 0 Å². The molecule has 4 nitrogen and oxygen atoms in total. The van der Waals surface area contributed by atoms with Gasteiger partial charge in [-0.05, 0) is 36.0 Å². The zero-order valence-electron chi connectivity index (χ0n) is 11.6. The SMILES string of the molecule is CC1(C)CCCN(S(=O)(=O)c2cccc(CN)c2)C1. The molecular formula is C14H22N2O2S. The molecule has 5 heteroatoms. The lowest BCUT2D eigenvalue weighted by Gasteiger charge is -2.37. The fraction of sp³-hybridized carbons (Fsp3) is 0.571. The number of benzene rings is 1. The highest BCUT2D eigenvalue weighted by molar-refractivity contribution is 7.89. The molecule has 1 fully saturated rings. The van der Waals surface area contributed by atoms with Gasteiger partial charge in [0.2, 0.25) is 10.0 Å². The summed E-state index contributed by atoms with van der Waals surface area (Å²) in [6.45, 7) is 5.78. The third-order valence-electron chi connectivity index (χ3n) is 3.64. The van der Waals surface area contributed by atoms with Crippen LogP contribution in [0.3, 0.4) is 0 Å². The number of nitrogens with zero attached hydrogens (tertiary/aromatic N) is 1. The molecule has 2 N–H and O–H groups in total. The van der Waals surface area contributed by atoms with Crippen molar-refractivity contribution in [3.63, 3.8) is 0 Å². The van der Waals surface area contributed by atoms with Gasteiger partial charge in [-0.1, -0.05) is 26.0 Å². The van der Waals surface area contributed by atoms with Crippen LogP contribution in [0.4, 0.5) is 0 Å². The average molecular weight is 282 g/mol. The molecule has 2 rings (SSSR count). The van der Waals surface area contributed by atoms with Crippen LogP contribution in [0.25, 0.3) is 0 Å². The summed E-state index contributed by atoms with van der Waals surface area (Å²) in [4.78, 5) is 0.355. The van der Waals surface area contributed by atoms with E-state index >= 15 is 0 Å². The van der Waals surface area contributed by atoms with E-state index in [0.29, 0.717) is 24.5 Å². The molecule has 0 aromatic heterocycles. The number of rotatable bonds is 3. The Labute approximate surface area is 115 Å². The molecule has 0 unspecified atom stereocenters.